The van der Waals surface area contributed by atoms with Crippen LogP contribution < -0.4 is 0 Å². The first-order valence-electron chi connectivity index (χ1n) is 5.47. The van der Waals surface area contributed by atoms with Crippen LogP contribution in [0.15, 0.2) is 24.3 Å². The van der Waals surface area contributed by atoms with Crippen LogP contribution >= 0.6 is 0 Å². The van der Waals surface area contributed by atoms with E-state index in [2.05, 4.69) is 67.1 Å². The maximum Gasteiger partial charge on any atom is 0.161 e. The first-order chi connectivity index (χ1) is 7.47. The number of hydrogen-bond acceptors (Lipinski definition) is 2. The lowest BCUT2D eigenvalue weighted by Crippen LogP contribution is -2.13. The fraction of sp³-hybridized carbons (Fsp3) is 0.385. The fourth-order valence-electron chi connectivity index (χ4n) is 1.44. The van der Waals surface area contributed by atoms with Gasteiger partial charge in [0, 0.05) is 11.0 Å². The lowest BCUT2D eigenvalue weighted by molar-refractivity contribution is 0.548. The molecule has 2 rings (SSSR count). The molecule has 1 heterocycles. The Morgan fingerprint density at radius 2 is 1.62 bits per heavy atom. The molecule has 0 aliphatic rings. The number of aromatic amines is 1. The van der Waals surface area contributed by atoms with Gasteiger partial charge in [0.25, 0.3) is 0 Å². The topological polar surface area (TPSA) is 41.6 Å². The molecule has 0 amide bonds. The van der Waals surface area contributed by atoms with Crippen LogP contribution in [0.25, 0.3) is 11.4 Å². The van der Waals surface area contributed by atoms with Crippen molar-refractivity contribution < 1.29 is 0 Å². The number of aryl methyl sites for hydroxylation is 1. The predicted octanol–water partition coefficient (Wildman–Crippen LogP) is 3.08. The lowest BCUT2D eigenvalue weighted by Gasteiger charge is -2.12. The van der Waals surface area contributed by atoms with Crippen LogP contribution in [0.5, 0.6) is 0 Å². The molecule has 0 spiro atoms. The molecule has 0 fully saturated rings. The molecule has 1 aromatic carbocycles. The van der Waals surface area contributed by atoms with E-state index in [4.69, 9.17) is 0 Å². The number of aromatic nitrogens is 3. The summed E-state index contributed by atoms with van der Waals surface area (Å²) < 4.78 is 0. The minimum atomic E-state index is 0.00987. The fourth-order valence-corrected chi connectivity index (χ4v) is 1.44. The summed E-state index contributed by atoms with van der Waals surface area (Å²) in [6.07, 6.45) is 0. The molecule has 0 aliphatic heterocycles. The van der Waals surface area contributed by atoms with Crippen molar-refractivity contribution in [2.75, 3.05) is 0 Å². The summed E-state index contributed by atoms with van der Waals surface area (Å²) in [5, 5.41) is 8.36. The number of nitrogens with one attached hydrogen (secondary N) is 1. The van der Waals surface area contributed by atoms with Crippen molar-refractivity contribution in [2.24, 2.45) is 0 Å². The molecule has 3 heteroatoms. The highest BCUT2D eigenvalue weighted by atomic mass is 15.2. The van der Waals surface area contributed by atoms with Crippen LogP contribution in [-0.2, 0) is 5.41 Å². The maximum atomic E-state index is 4.18. The third-order valence-corrected chi connectivity index (χ3v) is 2.52. The Bertz CT molecular complexity index is 475. The summed E-state index contributed by atoms with van der Waals surface area (Å²) in [5.74, 6) is 1.76. The van der Waals surface area contributed by atoms with Crippen molar-refractivity contribution in [3.63, 3.8) is 0 Å². The van der Waals surface area contributed by atoms with Crippen molar-refractivity contribution in [2.45, 2.75) is 33.1 Å². The van der Waals surface area contributed by atoms with Crippen molar-refractivity contribution in [3.8, 4) is 11.4 Å². The average Bonchev–Trinajstić information content (AvgIpc) is 2.67. The molecule has 0 bridgehead atoms. The molecule has 16 heavy (non-hydrogen) atoms. The van der Waals surface area contributed by atoms with E-state index >= 15 is 0 Å². The van der Waals surface area contributed by atoms with Crippen LogP contribution in [0.2, 0.25) is 0 Å². The van der Waals surface area contributed by atoms with Crippen LogP contribution in [0.1, 0.15) is 32.2 Å². The number of benzene rings is 1. The lowest BCUT2D eigenvalue weighted by atomic mass is 9.96. The largest absolute Gasteiger partial charge is 0.324 e. The summed E-state index contributed by atoms with van der Waals surface area (Å²) >= 11 is 0. The normalized spacial score (nSPS) is 11.8. The summed E-state index contributed by atoms with van der Waals surface area (Å²) in [7, 11) is 0. The maximum absolute atomic E-state index is 4.18. The van der Waals surface area contributed by atoms with Gasteiger partial charge in [0.2, 0.25) is 0 Å². The standard InChI is InChI=1S/C13H17N3/c1-9-5-7-10(8-6-9)11-14-12(16-15-11)13(2,3)4/h5-8H,1-4H3,(H,14,15,16). The number of nitrogens with zero attached hydrogens (tertiary/aromatic N) is 2. The molecule has 0 unspecified atom stereocenters. The third-order valence-electron chi connectivity index (χ3n) is 2.52. The monoisotopic (exact) mass is 215 g/mol. The van der Waals surface area contributed by atoms with Gasteiger partial charge in [0.15, 0.2) is 5.82 Å². The van der Waals surface area contributed by atoms with Gasteiger partial charge in [0.1, 0.15) is 5.82 Å². The average molecular weight is 215 g/mol. The Morgan fingerprint density at radius 3 is 2.12 bits per heavy atom. The van der Waals surface area contributed by atoms with Crippen molar-refractivity contribution >= 4 is 0 Å². The van der Waals surface area contributed by atoms with Gasteiger partial charge < -0.3 is 4.98 Å². The highest BCUT2D eigenvalue weighted by Gasteiger charge is 2.18. The molecule has 0 saturated carbocycles. The highest BCUT2D eigenvalue weighted by molar-refractivity contribution is 5.54. The number of H-pyrrole nitrogens is 1. The van der Waals surface area contributed by atoms with E-state index < -0.39 is 0 Å². The zero-order valence-corrected chi connectivity index (χ0v) is 10.2. The van der Waals surface area contributed by atoms with E-state index in [1.165, 1.54) is 5.56 Å². The molecule has 0 saturated heterocycles. The molecule has 0 atom stereocenters. The second-order valence-corrected chi connectivity index (χ2v) is 5.14. The number of hydrogen-bond donors (Lipinski definition) is 1. The third kappa shape index (κ3) is 2.13. The Balaban J connectivity index is 2.35. The molecule has 1 aromatic heterocycles. The minimum Gasteiger partial charge on any atom is -0.324 e. The van der Waals surface area contributed by atoms with Gasteiger partial charge >= 0.3 is 0 Å². The minimum absolute atomic E-state index is 0.00987. The van der Waals surface area contributed by atoms with Crippen LogP contribution in [-0.4, -0.2) is 15.2 Å². The van der Waals surface area contributed by atoms with E-state index in [0.717, 1.165) is 17.2 Å². The number of rotatable bonds is 1. The molecule has 3 nitrogen and oxygen atoms in total. The van der Waals surface area contributed by atoms with Gasteiger partial charge in [-0.25, -0.2) is 0 Å². The van der Waals surface area contributed by atoms with Crippen LogP contribution in [0.3, 0.4) is 0 Å². The van der Waals surface area contributed by atoms with Gasteiger partial charge in [0.05, 0.1) is 0 Å². The summed E-state index contributed by atoms with van der Waals surface area (Å²) in [5.41, 5.74) is 2.34. The van der Waals surface area contributed by atoms with Gasteiger partial charge in [-0.3, -0.25) is 0 Å². The van der Waals surface area contributed by atoms with Crippen LogP contribution in [0, 0.1) is 6.92 Å². The second kappa shape index (κ2) is 3.74. The Labute approximate surface area is 95.9 Å². The molecule has 1 N–H and O–H groups in total. The Morgan fingerprint density at radius 1 is 1.00 bits per heavy atom. The van der Waals surface area contributed by atoms with Gasteiger partial charge in [-0.05, 0) is 6.92 Å². The van der Waals surface area contributed by atoms with E-state index in [1.807, 2.05) is 0 Å². The van der Waals surface area contributed by atoms with Crippen molar-refractivity contribution in [1.82, 2.24) is 15.2 Å². The van der Waals surface area contributed by atoms with Gasteiger partial charge in [-0.15, -0.1) is 10.2 Å². The smallest absolute Gasteiger partial charge is 0.161 e. The van der Waals surface area contributed by atoms with Gasteiger partial charge in [-0.2, -0.15) is 0 Å². The molecular weight excluding hydrogens is 198 g/mol. The van der Waals surface area contributed by atoms with Crippen molar-refractivity contribution in [1.29, 1.82) is 0 Å². The first kappa shape index (κ1) is 10.9. The van der Waals surface area contributed by atoms with E-state index in [1.54, 1.807) is 0 Å². The second-order valence-electron chi connectivity index (χ2n) is 5.14. The van der Waals surface area contributed by atoms with Crippen LogP contribution in [0.4, 0.5) is 0 Å². The predicted molar refractivity (Wildman–Crippen MR) is 65.3 cm³/mol. The quantitative estimate of drug-likeness (QED) is 0.794. The molecule has 84 valence electrons. The summed E-state index contributed by atoms with van der Waals surface area (Å²) in [4.78, 5) is 3.27. The van der Waals surface area contributed by atoms with E-state index in [9.17, 15) is 0 Å². The first-order valence-corrected chi connectivity index (χ1v) is 5.47. The molecule has 2 aromatic rings. The molecule has 0 aliphatic carbocycles. The Kier molecular flexibility index (Phi) is 2.54. The zero-order chi connectivity index (χ0) is 11.8. The molecule has 0 radical (unpaired) electrons. The zero-order valence-electron chi connectivity index (χ0n) is 10.2. The summed E-state index contributed by atoms with van der Waals surface area (Å²) in [6, 6.07) is 8.27. The SMILES string of the molecule is Cc1ccc(-c2nnc(C(C)(C)C)[nH]2)cc1. The molecular formula is C13H17N3. The van der Waals surface area contributed by atoms with E-state index in [0.29, 0.717) is 0 Å². The Hall–Kier alpha value is -1.64. The summed E-state index contributed by atoms with van der Waals surface area (Å²) in [6.45, 7) is 8.43. The highest BCUT2D eigenvalue weighted by Crippen LogP contribution is 2.21. The van der Waals surface area contributed by atoms with Crippen molar-refractivity contribution in [3.05, 3.63) is 35.7 Å². The van der Waals surface area contributed by atoms with Gasteiger partial charge in [-0.1, -0.05) is 50.6 Å². The van der Waals surface area contributed by atoms with E-state index in [-0.39, 0.29) is 5.41 Å².